The summed E-state index contributed by atoms with van der Waals surface area (Å²) < 4.78 is 39.5. The first-order valence-electron chi connectivity index (χ1n) is 9.50. The maximum absolute atomic E-state index is 12.4. The minimum atomic E-state index is -2.82. The third kappa shape index (κ3) is 4.45. The number of aromatic nitrogens is 2. The predicted molar refractivity (Wildman–Crippen MR) is 102 cm³/mol. The van der Waals surface area contributed by atoms with Crippen molar-refractivity contribution in [3.8, 4) is 28.4 Å². The van der Waals surface area contributed by atoms with Gasteiger partial charge in [-0.1, -0.05) is 12.1 Å². The van der Waals surface area contributed by atoms with Crippen molar-refractivity contribution in [2.24, 2.45) is 0 Å². The molecule has 0 unspecified atom stereocenters. The van der Waals surface area contributed by atoms with Crippen LogP contribution < -0.4 is 31.0 Å². The fourth-order valence-corrected chi connectivity index (χ4v) is 3.85. The Kier molecular flexibility index (Phi) is 6.90. The van der Waals surface area contributed by atoms with Crippen molar-refractivity contribution in [1.29, 1.82) is 0 Å². The topological polar surface area (TPSA) is 27.3 Å². The van der Waals surface area contributed by atoms with Crippen molar-refractivity contribution >= 4 is 0 Å². The van der Waals surface area contributed by atoms with Crippen molar-refractivity contribution < 1.29 is 39.8 Å². The number of methoxy groups -OCH3 is 1. The maximum atomic E-state index is 12.4. The first-order chi connectivity index (χ1) is 13.7. The third-order valence-corrected chi connectivity index (χ3v) is 5.13. The van der Waals surface area contributed by atoms with Crippen molar-refractivity contribution in [2.45, 2.75) is 38.8 Å². The molecule has 1 aliphatic rings. The number of fused-ring (bicyclic) bond motifs is 1. The molecule has 0 fully saturated rings. The molecule has 154 valence electrons. The highest BCUT2D eigenvalue weighted by Crippen LogP contribution is 2.28. The summed E-state index contributed by atoms with van der Waals surface area (Å²) in [7, 11) is 1.68. The standard InChI is InChI=1S/C22H23F2N2O2.BrH/c1-27-20-8-5-4-7-18(20)26-15-19(25-14-6-2-3-9-21(25)26)16-10-12-17(13-11-16)28-22(23)24;/h4-5,7-8,10-13,15,22H,2-3,6,9,14H2,1H3;1H/q+1;/p-1. The molecule has 0 saturated heterocycles. The van der Waals surface area contributed by atoms with Crippen LogP contribution in [0, 0.1) is 0 Å². The minimum Gasteiger partial charge on any atom is -1.00 e. The minimum absolute atomic E-state index is 0. The van der Waals surface area contributed by atoms with E-state index in [-0.39, 0.29) is 22.7 Å². The van der Waals surface area contributed by atoms with Crippen LogP contribution in [-0.4, -0.2) is 18.3 Å². The van der Waals surface area contributed by atoms with Crippen LogP contribution in [0.25, 0.3) is 16.9 Å². The fraction of sp³-hybridized carbons (Fsp3) is 0.318. The Balaban J connectivity index is 0.00000240. The average molecular weight is 465 g/mol. The van der Waals surface area contributed by atoms with Crippen LogP contribution in [0.5, 0.6) is 11.5 Å². The number of imidazole rings is 1. The van der Waals surface area contributed by atoms with Crippen LogP contribution in [0.2, 0.25) is 0 Å². The fourth-order valence-electron chi connectivity index (χ4n) is 3.85. The third-order valence-electron chi connectivity index (χ3n) is 5.13. The molecular formula is C22H23BrF2N2O2. The zero-order valence-electron chi connectivity index (χ0n) is 16.2. The Hall–Kier alpha value is -2.41. The van der Waals surface area contributed by atoms with E-state index < -0.39 is 6.61 Å². The number of alkyl halides is 2. The molecule has 1 aliphatic heterocycles. The Bertz CT molecular complexity index is 958. The number of para-hydroxylation sites is 2. The molecule has 0 N–H and O–H groups in total. The molecule has 0 atom stereocenters. The summed E-state index contributed by atoms with van der Waals surface area (Å²) in [5.74, 6) is 2.21. The van der Waals surface area contributed by atoms with Gasteiger partial charge in [0.1, 0.15) is 11.9 Å². The molecule has 2 heterocycles. The highest BCUT2D eigenvalue weighted by molar-refractivity contribution is 5.60. The Morgan fingerprint density at radius 1 is 1.00 bits per heavy atom. The smallest absolute Gasteiger partial charge is 0.387 e. The van der Waals surface area contributed by atoms with Crippen molar-refractivity contribution in [3.63, 3.8) is 0 Å². The molecular weight excluding hydrogens is 442 g/mol. The molecule has 0 spiro atoms. The molecule has 0 radical (unpaired) electrons. The van der Waals surface area contributed by atoms with Gasteiger partial charge in [0.05, 0.1) is 13.7 Å². The summed E-state index contributed by atoms with van der Waals surface area (Å²) in [4.78, 5) is 0. The van der Waals surface area contributed by atoms with Crippen molar-refractivity contribution in [2.75, 3.05) is 7.11 Å². The molecule has 0 bridgehead atoms. The lowest BCUT2D eigenvalue weighted by Crippen LogP contribution is -3.00. The van der Waals surface area contributed by atoms with Gasteiger partial charge in [0.15, 0.2) is 17.1 Å². The van der Waals surface area contributed by atoms with Gasteiger partial charge in [0, 0.05) is 12.0 Å². The molecule has 0 aliphatic carbocycles. The van der Waals surface area contributed by atoms with Gasteiger partial charge in [-0.3, -0.25) is 0 Å². The largest absolute Gasteiger partial charge is 1.00 e. The quantitative estimate of drug-likeness (QED) is 0.538. The van der Waals surface area contributed by atoms with Gasteiger partial charge in [-0.15, -0.1) is 0 Å². The van der Waals surface area contributed by atoms with E-state index in [1.807, 2.05) is 36.4 Å². The van der Waals surface area contributed by atoms with Crippen molar-refractivity contribution in [3.05, 3.63) is 60.6 Å². The highest BCUT2D eigenvalue weighted by Gasteiger charge is 2.28. The number of hydrogen-bond acceptors (Lipinski definition) is 2. The van der Waals surface area contributed by atoms with Crippen LogP contribution in [0.1, 0.15) is 25.1 Å². The zero-order chi connectivity index (χ0) is 19.5. The lowest BCUT2D eigenvalue weighted by molar-refractivity contribution is -0.604. The second-order valence-electron chi connectivity index (χ2n) is 6.84. The lowest BCUT2D eigenvalue weighted by atomic mass is 10.1. The Morgan fingerprint density at radius 3 is 2.48 bits per heavy atom. The number of halogens is 3. The Morgan fingerprint density at radius 2 is 1.76 bits per heavy atom. The lowest BCUT2D eigenvalue weighted by Gasteiger charge is -2.06. The van der Waals surface area contributed by atoms with Gasteiger partial charge >= 0.3 is 6.61 Å². The summed E-state index contributed by atoms with van der Waals surface area (Å²) in [5.41, 5.74) is 3.03. The van der Waals surface area contributed by atoms with Gasteiger partial charge in [-0.2, -0.15) is 13.3 Å². The van der Waals surface area contributed by atoms with E-state index in [0.29, 0.717) is 0 Å². The van der Waals surface area contributed by atoms with E-state index in [4.69, 9.17) is 4.74 Å². The van der Waals surface area contributed by atoms with Crippen LogP contribution in [-0.2, 0) is 13.0 Å². The summed E-state index contributed by atoms with van der Waals surface area (Å²) in [6.45, 7) is -1.88. The van der Waals surface area contributed by atoms with Gasteiger partial charge in [0.2, 0.25) is 0 Å². The van der Waals surface area contributed by atoms with Gasteiger partial charge in [-0.05, 0) is 55.7 Å². The van der Waals surface area contributed by atoms with Gasteiger partial charge < -0.3 is 26.5 Å². The van der Waals surface area contributed by atoms with Crippen molar-refractivity contribution in [1.82, 2.24) is 4.57 Å². The Labute approximate surface area is 179 Å². The molecule has 3 aromatic rings. The second-order valence-corrected chi connectivity index (χ2v) is 6.84. The van der Waals surface area contributed by atoms with Gasteiger partial charge in [0.25, 0.3) is 5.82 Å². The monoisotopic (exact) mass is 464 g/mol. The molecule has 1 aromatic heterocycles. The second kappa shape index (κ2) is 9.39. The zero-order valence-corrected chi connectivity index (χ0v) is 17.7. The molecule has 29 heavy (non-hydrogen) atoms. The van der Waals surface area contributed by atoms with E-state index >= 15 is 0 Å². The molecule has 4 nitrogen and oxygen atoms in total. The number of benzene rings is 2. The average Bonchev–Trinajstić information content (AvgIpc) is 2.89. The molecule has 4 rings (SSSR count). The summed E-state index contributed by atoms with van der Waals surface area (Å²) in [5, 5.41) is 0. The molecule has 7 heteroatoms. The van der Waals surface area contributed by atoms with Crippen LogP contribution in [0.4, 0.5) is 8.78 Å². The van der Waals surface area contributed by atoms with E-state index in [9.17, 15) is 8.78 Å². The summed E-state index contributed by atoms with van der Waals surface area (Å²) in [6.07, 6.45) is 6.53. The maximum Gasteiger partial charge on any atom is 0.387 e. The molecule has 0 amide bonds. The number of ether oxygens (including phenoxy) is 2. The summed E-state index contributed by atoms with van der Waals surface area (Å²) in [6, 6.07) is 14.8. The summed E-state index contributed by atoms with van der Waals surface area (Å²) >= 11 is 0. The number of hydrogen-bond donors (Lipinski definition) is 0. The van der Waals surface area contributed by atoms with E-state index in [2.05, 4.69) is 20.1 Å². The number of nitrogens with zero attached hydrogens (tertiary/aromatic N) is 2. The van der Waals surface area contributed by atoms with Crippen LogP contribution in [0.15, 0.2) is 54.7 Å². The molecule has 0 saturated carbocycles. The highest BCUT2D eigenvalue weighted by atomic mass is 79.9. The molecule has 2 aromatic carbocycles. The van der Waals surface area contributed by atoms with E-state index in [1.54, 1.807) is 19.2 Å². The predicted octanol–water partition coefficient (Wildman–Crippen LogP) is 1.77. The van der Waals surface area contributed by atoms with Gasteiger partial charge in [-0.25, -0.2) is 4.57 Å². The van der Waals surface area contributed by atoms with Crippen LogP contribution >= 0.6 is 0 Å². The van der Waals surface area contributed by atoms with Crippen LogP contribution in [0.3, 0.4) is 0 Å². The normalized spacial score (nSPS) is 13.4. The first-order valence-corrected chi connectivity index (χ1v) is 9.50. The van der Waals surface area contributed by atoms with E-state index in [1.165, 1.54) is 12.2 Å². The van der Waals surface area contributed by atoms with E-state index in [0.717, 1.165) is 48.5 Å². The number of rotatable bonds is 5. The first kappa shape index (κ1) is 21.3. The SMILES string of the molecule is COc1ccccc1-[n+]1cc(-c2ccc(OC(F)F)cc2)n2c1CCCCC2.[Br-].